The van der Waals surface area contributed by atoms with Crippen molar-refractivity contribution in [1.82, 2.24) is 24.1 Å². The summed E-state index contributed by atoms with van der Waals surface area (Å²) in [5.41, 5.74) is 6.29. The lowest BCUT2D eigenvalue weighted by Crippen LogP contribution is -2.15. The predicted molar refractivity (Wildman–Crippen MR) is 104 cm³/mol. The fourth-order valence-electron chi connectivity index (χ4n) is 3.20. The van der Waals surface area contributed by atoms with Gasteiger partial charge in [0.2, 0.25) is 0 Å². The fourth-order valence-corrected chi connectivity index (χ4v) is 3.20. The minimum Gasteiger partial charge on any atom is -0.307 e. The Morgan fingerprint density at radius 1 is 1.08 bits per heavy atom. The van der Waals surface area contributed by atoms with E-state index >= 15 is 0 Å². The van der Waals surface area contributed by atoms with Crippen molar-refractivity contribution in [2.75, 3.05) is 0 Å². The standard InChI is InChI=1S/C21H23N5/c1-15-12-25-9-7-16(10-19(25)24-15)20-18(6-5-8-22-20)17-11-23-26(13-17)14-21(2,3)4/h5-13H,14H2,1-4H3. The fraction of sp³-hybridized carbons (Fsp3) is 0.286. The smallest absolute Gasteiger partial charge is 0.137 e. The number of fused-ring (bicyclic) bond motifs is 1. The molecule has 0 saturated heterocycles. The van der Waals surface area contributed by atoms with E-state index in [1.54, 1.807) is 0 Å². The minimum atomic E-state index is 0.185. The van der Waals surface area contributed by atoms with Gasteiger partial charge in [-0.2, -0.15) is 5.10 Å². The first-order valence-corrected chi connectivity index (χ1v) is 8.83. The van der Waals surface area contributed by atoms with E-state index < -0.39 is 0 Å². The molecule has 4 rings (SSSR count). The second-order valence-electron chi connectivity index (χ2n) is 7.95. The third kappa shape index (κ3) is 3.25. The van der Waals surface area contributed by atoms with Crippen LogP contribution in [-0.2, 0) is 6.54 Å². The van der Waals surface area contributed by atoms with Gasteiger partial charge < -0.3 is 4.40 Å². The van der Waals surface area contributed by atoms with Crippen LogP contribution in [0.1, 0.15) is 26.5 Å². The van der Waals surface area contributed by atoms with E-state index in [0.29, 0.717) is 0 Å². The molecule has 0 bridgehead atoms. The summed E-state index contributed by atoms with van der Waals surface area (Å²) in [5, 5.41) is 4.54. The maximum Gasteiger partial charge on any atom is 0.137 e. The quantitative estimate of drug-likeness (QED) is 0.544. The highest BCUT2D eigenvalue weighted by Crippen LogP contribution is 2.31. The highest BCUT2D eigenvalue weighted by Gasteiger charge is 2.15. The predicted octanol–water partition coefficient (Wildman–Crippen LogP) is 4.61. The van der Waals surface area contributed by atoms with Crippen LogP contribution in [0.2, 0.25) is 0 Å². The van der Waals surface area contributed by atoms with Gasteiger partial charge in [0.1, 0.15) is 5.65 Å². The van der Waals surface area contributed by atoms with Gasteiger partial charge in [-0.05, 0) is 30.5 Å². The maximum absolute atomic E-state index is 4.65. The summed E-state index contributed by atoms with van der Waals surface area (Å²) in [5.74, 6) is 0. The Labute approximate surface area is 153 Å². The zero-order chi connectivity index (χ0) is 18.3. The molecular weight excluding hydrogens is 322 g/mol. The highest BCUT2D eigenvalue weighted by atomic mass is 15.3. The van der Waals surface area contributed by atoms with Crippen LogP contribution in [0.4, 0.5) is 0 Å². The molecule has 0 aliphatic rings. The van der Waals surface area contributed by atoms with Crippen LogP contribution in [0.15, 0.2) is 55.2 Å². The zero-order valence-electron chi connectivity index (χ0n) is 15.6. The summed E-state index contributed by atoms with van der Waals surface area (Å²) in [6.45, 7) is 9.52. The maximum atomic E-state index is 4.65. The third-order valence-electron chi connectivity index (χ3n) is 4.24. The molecule has 0 saturated carbocycles. The third-order valence-corrected chi connectivity index (χ3v) is 4.24. The number of pyridine rings is 2. The molecule has 5 heteroatoms. The molecule has 0 aliphatic carbocycles. The minimum absolute atomic E-state index is 0.185. The molecule has 0 fully saturated rings. The van der Waals surface area contributed by atoms with E-state index in [9.17, 15) is 0 Å². The monoisotopic (exact) mass is 345 g/mol. The highest BCUT2D eigenvalue weighted by molar-refractivity contribution is 5.81. The average Bonchev–Trinajstić information content (AvgIpc) is 3.18. The summed E-state index contributed by atoms with van der Waals surface area (Å²) < 4.78 is 4.04. The molecular formula is C21H23N5. The van der Waals surface area contributed by atoms with Crippen molar-refractivity contribution in [2.24, 2.45) is 5.41 Å². The molecule has 0 atom stereocenters. The Morgan fingerprint density at radius 2 is 1.92 bits per heavy atom. The Morgan fingerprint density at radius 3 is 2.73 bits per heavy atom. The number of aromatic nitrogens is 5. The van der Waals surface area contributed by atoms with Crippen molar-refractivity contribution in [3.8, 4) is 22.4 Å². The Balaban J connectivity index is 1.77. The SMILES string of the molecule is Cc1cn2ccc(-c3ncccc3-c3cnn(CC(C)(C)C)c3)cc2n1. The zero-order valence-corrected chi connectivity index (χ0v) is 15.6. The molecule has 4 aromatic heterocycles. The number of hydrogen-bond donors (Lipinski definition) is 0. The Bertz CT molecular complexity index is 1070. The lowest BCUT2D eigenvalue weighted by atomic mass is 9.97. The summed E-state index contributed by atoms with van der Waals surface area (Å²) in [7, 11) is 0. The lowest BCUT2D eigenvalue weighted by molar-refractivity contribution is 0.325. The molecule has 0 aromatic carbocycles. The number of rotatable bonds is 3. The number of nitrogens with zero attached hydrogens (tertiary/aromatic N) is 5. The van der Waals surface area contributed by atoms with Crippen LogP contribution in [0, 0.1) is 12.3 Å². The first-order chi connectivity index (χ1) is 12.4. The van der Waals surface area contributed by atoms with Crippen LogP contribution in [-0.4, -0.2) is 24.1 Å². The summed E-state index contributed by atoms with van der Waals surface area (Å²) >= 11 is 0. The van der Waals surface area contributed by atoms with Crippen LogP contribution in [0.3, 0.4) is 0 Å². The van der Waals surface area contributed by atoms with Crippen LogP contribution < -0.4 is 0 Å². The molecule has 132 valence electrons. The van der Waals surface area contributed by atoms with E-state index in [1.807, 2.05) is 46.9 Å². The normalized spacial score (nSPS) is 12.0. The van der Waals surface area contributed by atoms with E-state index in [4.69, 9.17) is 0 Å². The second kappa shape index (κ2) is 6.09. The molecule has 0 spiro atoms. The van der Waals surface area contributed by atoms with Crippen molar-refractivity contribution in [2.45, 2.75) is 34.2 Å². The summed E-state index contributed by atoms with van der Waals surface area (Å²) in [6, 6.07) is 8.23. The van der Waals surface area contributed by atoms with Crippen molar-refractivity contribution in [3.63, 3.8) is 0 Å². The number of hydrogen-bond acceptors (Lipinski definition) is 3. The van der Waals surface area contributed by atoms with Crippen LogP contribution in [0.25, 0.3) is 28.0 Å². The van der Waals surface area contributed by atoms with Crippen molar-refractivity contribution in [3.05, 3.63) is 60.9 Å². The molecule has 0 radical (unpaired) electrons. The van der Waals surface area contributed by atoms with Gasteiger partial charge in [-0.1, -0.05) is 26.8 Å². The number of aryl methyl sites for hydroxylation is 1. The first kappa shape index (κ1) is 16.5. The molecule has 4 heterocycles. The number of imidazole rings is 1. The van der Waals surface area contributed by atoms with Gasteiger partial charge in [0.25, 0.3) is 0 Å². The molecule has 0 amide bonds. The lowest BCUT2D eigenvalue weighted by Gasteiger charge is -2.17. The summed E-state index contributed by atoms with van der Waals surface area (Å²) in [6.07, 6.45) is 9.91. The van der Waals surface area contributed by atoms with Gasteiger partial charge in [-0.15, -0.1) is 0 Å². The Kier molecular flexibility index (Phi) is 3.87. The van der Waals surface area contributed by atoms with E-state index in [2.05, 4.69) is 60.2 Å². The van der Waals surface area contributed by atoms with E-state index in [0.717, 1.165) is 40.3 Å². The Hall–Kier alpha value is -2.95. The van der Waals surface area contributed by atoms with Gasteiger partial charge >= 0.3 is 0 Å². The van der Waals surface area contributed by atoms with Crippen molar-refractivity contribution >= 4 is 5.65 Å². The van der Waals surface area contributed by atoms with Crippen molar-refractivity contribution in [1.29, 1.82) is 0 Å². The van der Waals surface area contributed by atoms with Crippen LogP contribution in [0.5, 0.6) is 0 Å². The summed E-state index contributed by atoms with van der Waals surface area (Å²) in [4.78, 5) is 9.21. The molecule has 4 aromatic rings. The van der Waals surface area contributed by atoms with Gasteiger partial charge in [-0.25, -0.2) is 4.98 Å². The topological polar surface area (TPSA) is 48.0 Å². The largest absolute Gasteiger partial charge is 0.307 e. The van der Waals surface area contributed by atoms with Crippen molar-refractivity contribution < 1.29 is 0 Å². The first-order valence-electron chi connectivity index (χ1n) is 8.83. The second-order valence-corrected chi connectivity index (χ2v) is 7.95. The van der Waals surface area contributed by atoms with Gasteiger partial charge in [0.05, 0.1) is 17.6 Å². The average molecular weight is 345 g/mol. The molecule has 26 heavy (non-hydrogen) atoms. The van der Waals surface area contributed by atoms with Gasteiger partial charge in [0, 0.05) is 48.0 Å². The van der Waals surface area contributed by atoms with Gasteiger partial charge in [0.15, 0.2) is 0 Å². The van der Waals surface area contributed by atoms with E-state index in [-0.39, 0.29) is 5.41 Å². The molecule has 5 nitrogen and oxygen atoms in total. The molecule has 0 N–H and O–H groups in total. The van der Waals surface area contributed by atoms with E-state index in [1.165, 1.54) is 0 Å². The molecule has 0 unspecified atom stereocenters. The van der Waals surface area contributed by atoms with Gasteiger partial charge in [-0.3, -0.25) is 9.67 Å². The van der Waals surface area contributed by atoms with Crippen LogP contribution >= 0.6 is 0 Å². The molecule has 0 aliphatic heterocycles.